The van der Waals surface area contributed by atoms with Gasteiger partial charge in [0.25, 0.3) is 0 Å². The maximum atomic E-state index is 12.2. The minimum atomic E-state index is -3.78. The van der Waals surface area contributed by atoms with E-state index in [0.717, 1.165) is 0 Å². The van der Waals surface area contributed by atoms with Gasteiger partial charge in [-0.15, -0.1) is 0 Å². The lowest BCUT2D eigenvalue weighted by atomic mass is 10.1. The zero-order valence-corrected chi connectivity index (χ0v) is 12.1. The first-order chi connectivity index (χ1) is 9.81. The van der Waals surface area contributed by atoms with Crippen LogP contribution in [0, 0.1) is 6.92 Å². The van der Waals surface area contributed by atoms with Crippen molar-refractivity contribution in [1.29, 1.82) is 0 Å². The van der Waals surface area contributed by atoms with Crippen molar-refractivity contribution in [2.75, 3.05) is 5.73 Å². The van der Waals surface area contributed by atoms with Gasteiger partial charge in [-0.25, -0.2) is 13.1 Å². The van der Waals surface area contributed by atoms with Crippen LogP contribution in [0.15, 0.2) is 29.3 Å². The number of aryl methyl sites for hydroxylation is 1. The van der Waals surface area contributed by atoms with Crippen LogP contribution in [0.4, 0.5) is 5.82 Å². The fourth-order valence-electron chi connectivity index (χ4n) is 1.75. The number of sulfonamides is 1. The third-order valence-electron chi connectivity index (χ3n) is 2.99. The number of primary amides is 1. The number of amides is 1. The Morgan fingerprint density at radius 1 is 1.43 bits per heavy atom. The number of anilines is 1. The highest BCUT2D eigenvalue weighted by atomic mass is 32.2. The smallest absolute Gasteiger partial charge is 0.249 e. The largest absolute Gasteiger partial charge is 0.384 e. The molecule has 0 unspecified atom stereocenters. The lowest BCUT2D eigenvalue weighted by molar-refractivity contribution is 0.0999. The number of aromatic nitrogens is 2. The van der Waals surface area contributed by atoms with Gasteiger partial charge < -0.3 is 11.5 Å². The number of carbonyl (C=O) groups is 1. The van der Waals surface area contributed by atoms with E-state index in [1.54, 1.807) is 6.92 Å². The molecule has 0 fully saturated rings. The molecule has 9 heteroatoms. The van der Waals surface area contributed by atoms with Gasteiger partial charge in [-0.3, -0.25) is 9.89 Å². The van der Waals surface area contributed by atoms with E-state index in [0.29, 0.717) is 16.9 Å². The summed E-state index contributed by atoms with van der Waals surface area (Å²) in [6.45, 7) is 1.67. The average molecular weight is 309 g/mol. The van der Waals surface area contributed by atoms with E-state index in [-0.39, 0.29) is 17.0 Å². The fraction of sp³-hybridized carbons (Fsp3) is 0.167. The molecule has 1 heterocycles. The van der Waals surface area contributed by atoms with Crippen LogP contribution in [0.2, 0.25) is 0 Å². The van der Waals surface area contributed by atoms with E-state index < -0.39 is 15.9 Å². The molecular formula is C12H15N5O3S. The molecule has 0 aliphatic heterocycles. The predicted octanol–water partition coefficient (Wildman–Crippen LogP) is -0.122. The van der Waals surface area contributed by atoms with Crippen molar-refractivity contribution in [3.63, 3.8) is 0 Å². The summed E-state index contributed by atoms with van der Waals surface area (Å²) < 4.78 is 26.8. The topological polar surface area (TPSA) is 144 Å². The third-order valence-corrected chi connectivity index (χ3v) is 4.39. The van der Waals surface area contributed by atoms with Gasteiger partial charge in [0.05, 0.1) is 11.1 Å². The zero-order chi connectivity index (χ0) is 15.6. The Labute approximate surface area is 121 Å². The van der Waals surface area contributed by atoms with Crippen LogP contribution in [0.1, 0.15) is 21.5 Å². The van der Waals surface area contributed by atoms with Gasteiger partial charge in [-0.05, 0) is 24.6 Å². The van der Waals surface area contributed by atoms with Crippen molar-refractivity contribution in [1.82, 2.24) is 14.9 Å². The number of nitrogens with zero attached hydrogens (tertiary/aromatic N) is 1. The second-order valence-electron chi connectivity index (χ2n) is 4.47. The average Bonchev–Trinajstić information content (AvgIpc) is 2.82. The number of benzene rings is 1. The van der Waals surface area contributed by atoms with Crippen LogP contribution in [-0.2, 0) is 16.6 Å². The molecule has 1 aromatic heterocycles. The summed E-state index contributed by atoms with van der Waals surface area (Å²) in [6.07, 6.45) is 1.43. The van der Waals surface area contributed by atoms with E-state index in [1.165, 1.54) is 24.4 Å². The molecule has 0 aliphatic rings. The standard InChI is InChI=1S/C12H15N5O3S/c1-7-2-3-9(4-10(7)12(14)18)21(19,20)16-6-8-5-15-17-11(8)13/h2-5,16H,6H2,1H3,(H2,14,18)(H3,13,15,17). The molecule has 8 nitrogen and oxygen atoms in total. The van der Waals surface area contributed by atoms with Crippen molar-refractivity contribution in [3.05, 3.63) is 41.1 Å². The van der Waals surface area contributed by atoms with Crippen LogP contribution >= 0.6 is 0 Å². The molecule has 0 bridgehead atoms. The summed E-state index contributed by atoms with van der Waals surface area (Å²) in [5.41, 5.74) is 12.1. The first-order valence-corrected chi connectivity index (χ1v) is 7.47. The van der Waals surface area contributed by atoms with Crippen LogP contribution in [0.3, 0.4) is 0 Å². The Balaban J connectivity index is 2.26. The van der Waals surface area contributed by atoms with Crippen LogP contribution in [-0.4, -0.2) is 24.5 Å². The molecule has 2 rings (SSSR count). The highest BCUT2D eigenvalue weighted by molar-refractivity contribution is 7.89. The molecule has 0 saturated carbocycles. The normalized spacial score (nSPS) is 11.5. The summed E-state index contributed by atoms with van der Waals surface area (Å²) in [5.74, 6) is -0.386. The Morgan fingerprint density at radius 3 is 2.71 bits per heavy atom. The SMILES string of the molecule is Cc1ccc(S(=O)(=O)NCc2cn[nH]c2N)cc1C(N)=O. The number of rotatable bonds is 5. The van der Waals surface area contributed by atoms with E-state index in [4.69, 9.17) is 11.5 Å². The fourth-order valence-corrected chi connectivity index (χ4v) is 2.78. The molecule has 112 valence electrons. The van der Waals surface area contributed by atoms with Gasteiger partial charge in [0.1, 0.15) is 5.82 Å². The van der Waals surface area contributed by atoms with Crippen molar-refractivity contribution in [2.45, 2.75) is 18.4 Å². The van der Waals surface area contributed by atoms with Crippen LogP contribution in [0.25, 0.3) is 0 Å². The molecule has 6 N–H and O–H groups in total. The van der Waals surface area contributed by atoms with E-state index in [1.807, 2.05) is 0 Å². The number of nitrogen functional groups attached to an aromatic ring is 1. The zero-order valence-electron chi connectivity index (χ0n) is 11.3. The summed E-state index contributed by atoms with van der Waals surface area (Å²) in [6, 6.07) is 4.18. The van der Waals surface area contributed by atoms with E-state index in [9.17, 15) is 13.2 Å². The van der Waals surface area contributed by atoms with Gasteiger partial charge in [-0.1, -0.05) is 6.07 Å². The van der Waals surface area contributed by atoms with Crippen molar-refractivity contribution in [2.24, 2.45) is 5.73 Å². The Bertz CT molecular complexity index is 782. The number of aromatic amines is 1. The highest BCUT2D eigenvalue weighted by Gasteiger charge is 2.17. The number of nitrogens with two attached hydrogens (primary N) is 2. The lowest BCUT2D eigenvalue weighted by Gasteiger charge is -2.08. The maximum Gasteiger partial charge on any atom is 0.249 e. The number of nitrogens with one attached hydrogen (secondary N) is 2. The second-order valence-corrected chi connectivity index (χ2v) is 6.24. The Kier molecular flexibility index (Phi) is 3.96. The van der Waals surface area contributed by atoms with Gasteiger partial charge in [0.15, 0.2) is 0 Å². The number of hydrogen-bond donors (Lipinski definition) is 4. The predicted molar refractivity (Wildman–Crippen MR) is 76.7 cm³/mol. The minimum absolute atomic E-state index is 0.00948. The van der Waals surface area contributed by atoms with Crippen LogP contribution in [0.5, 0.6) is 0 Å². The summed E-state index contributed by atoms with van der Waals surface area (Å²) in [4.78, 5) is 11.2. The summed E-state index contributed by atoms with van der Waals surface area (Å²) in [5, 5.41) is 6.21. The number of hydrogen-bond acceptors (Lipinski definition) is 5. The number of carbonyl (C=O) groups excluding carboxylic acids is 1. The maximum absolute atomic E-state index is 12.2. The Morgan fingerprint density at radius 2 is 2.14 bits per heavy atom. The summed E-state index contributed by atoms with van der Waals surface area (Å²) in [7, 11) is -3.78. The molecule has 0 spiro atoms. The molecule has 0 aliphatic carbocycles. The number of H-pyrrole nitrogens is 1. The second kappa shape index (κ2) is 5.54. The monoisotopic (exact) mass is 309 g/mol. The first kappa shape index (κ1) is 15.0. The molecule has 1 amide bonds. The molecule has 1 aromatic carbocycles. The van der Waals surface area contributed by atoms with Gasteiger partial charge in [0, 0.05) is 17.7 Å². The highest BCUT2D eigenvalue weighted by Crippen LogP contribution is 2.16. The molecule has 0 saturated heterocycles. The quantitative estimate of drug-likeness (QED) is 0.608. The van der Waals surface area contributed by atoms with Crippen molar-refractivity contribution < 1.29 is 13.2 Å². The summed E-state index contributed by atoms with van der Waals surface area (Å²) >= 11 is 0. The lowest BCUT2D eigenvalue weighted by Crippen LogP contribution is -2.24. The van der Waals surface area contributed by atoms with Gasteiger partial charge >= 0.3 is 0 Å². The third kappa shape index (κ3) is 3.20. The molecule has 21 heavy (non-hydrogen) atoms. The van der Waals surface area contributed by atoms with Gasteiger partial charge in [-0.2, -0.15) is 5.10 Å². The van der Waals surface area contributed by atoms with Crippen molar-refractivity contribution >= 4 is 21.7 Å². The van der Waals surface area contributed by atoms with E-state index >= 15 is 0 Å². The van der Waals surface area contributed by atoms with Crippen molar-refractivity contribution in [3.8, 4) is 0 Å². The molecule has 2 aromatic rings. The van der Waals surface area contributed by atoms with Crippen LogP contribution < -0.4 is 16.2 Å². The van der Waals surface area contributed by atoms with E-state index in [2.05, 4.69) is 14.9 Å². The Hall–Kier alpha value is -2.39. The van der Waals surface area contributed by atoms with Gasteiger partial charge in [0.2, 0.25) is 15.9 Å². The molecule has 0 radical (unpaired) electrons. The molecule has 0 atom stereocenters. The molecular weight excluding hydrogens is 294 g/mol. The first-order valence-electron chi connectivity index (χ1n) is 5.99. The minimum Gasteiger partial charge on any atom is -0.384 e.